The molecule has 0 aliphatic heterocycles. The van der Waals surface area contributed by atoms with Gasteiger partial charge in [-0.15, -0.1) is 0 Å². The number of H-pyrrole nitrogens is 1. The summed E-state index contributed by atoms with van der Waals surface area (Å²) < 4.78 is 51.3. The SMILES string of the molecule is O=S(=O)=C1C=CC=CC1S(=O)(=O)Nc1ccc2[nH]nc(-c3ccc4ccccc4c3)c2c1. The minimum Gasteiger partial charge on any atom is -0.283 e. The molecule has 160 valence electrons. The lowest BCUT2D eigenvalue weighted by atomic mass is 10.0. The number of aromatic amines is 1. The Morgan fingerprint density at radius 1 is 0.938 bits per heavy atom. The number of benzene rings is 3. The molecule has 1 aliphatic rings. The summed E-state index contributed by atoms with van der Waals surface area (Å²) in [5.74, 6) is 0. The summed E-state index contributed by atoms with van der Waals surface area (Å²) in [7, 11) is -6.69. The van der Waals surface area contributed by atoms with Crippen LogP contribution in [0.5, 0.6) is 0 Å². The summed E-state index contributed by atoms with van der Waals surface area (Å²) in [6, 6.07) is 19.1. The predicted octanol–water partition coefficient (Wildman–Crippen LogP) is 3.67. The lowest BCUT2D eigenvalue weighted by Crippen LogP contribution is -2.33. The molecule has 1 atom stereocenters. The van der Waals surface area contributed by atoms with Gasteiger partial charge in [0.25, 0.3) is 0 Å². The first-order valence-electron chi connectivity index (χ1n) is 9.72. The van der Waals surface area contributed by atoms with Crippen LogP contribution in [-0.4, -0.2) is 37.1 Å². The van der Waals surface area contributed by atoms with Crippen LogP contribution < -0.4 is 4.72 Å². The highest BCUT2D eigenvalue weighted by atomic mass is 32.2. The van der Waals surface area contributed by atoms with Crippen molar-refractivity contribution in [2.75, 3.05) is 4.72 Å². The Kier molecular flexibility index (Phi) is 4.91. The summed E-state index contributed by atoms with van der Waals surface area (Å²) in [4.78, 5) is -0.207. The van der Waals surface area contributed by atoms with Crippen LogP contribution in [0.1, 0.15) is 0 Å². The third kappa shape index (κ3) is 3.61. The number of hydrogen-bond acceptors (Lipinski definition) is 5. The van der Waals surface area contributed by atoms with Crippen molar-refractivity contribution in [2.24, 2.45) is 0 Å². The molecule has 0 saturated heterocycles. The van der Waals surface area contributed by atoms with Gasteiger partial charge in [0.2, 0.25) is 20.3 Å². The van der Waals surface area contributed by atoms with Gasteiger partial charge in [-0.3, -0.25) is 9.82 Å². The number of fused-ring (bicyclic) bond motifs is 2. The molecular weight excluding hydrogens is 446 g/mol. The van der Waals surface area contributed by atoms with Gasteiger partial charge < -0.3 is 0 Å². The molecule has 32 heavy (non-hydrogen) atoms. The van der Waals surface area contributed by atoms with Crippen LogP contribution >= 0.6 is 0 Å². The van der Waals surface area contributed by atoms with Gasteiger partial charge in [0.1, 0.15) is 5.25 Å². The standard InChI is InChI=1S/C23H17N3O4S2/c27-31(28)21-7-3-4-8-22(21)32(29,30)26-18-11-12-20-19(14-18)23(25-24-20)17-10-9-15-5-1-2-6-16(15)13-17/h1-14,22,26H,(H,24,25). The summed E-state index contributed by atoms with van der Waals surface area (Å²) in [5.41, 5.74) is 2.66. The Labute approximate surface area is 185 Å². The van der Waals surface area contributed by atoms with Gasteiger partial charge in [-0.1, -0.05) is 54.6 Å². The Bertz CT molecular complexity index is 1670. The van der Waals surface area contributed by atoms with Crippen molar-refractivity contribution in [2.45, 2.75) is 5.25 Å². The summed E-state index contributed by atoms with van der Waals surface area (Å²) in [5, 5.41) is 9.04. The number of aromatic nitrogens is 2. The molecule has 5 rings (SSSR count). The van der Waals surface area contributed by atoms with Gasteiger partial charge in [0.05, 0.1) is 16.1 Å². The summed E-state index contributed by atoms with van der Waals surface area (Å²) in [6.07, 6.45) is 5.62. The van der Waals surface area contributed by atoms with E-state index < -0.39 is 25.6 Å². The first-order chi connectivity index (χ1) is 15.4. The molecule has 4 aromatic rings. The summed E-state index contributed by atoms with van der Waals surface area (Å²) >= 11 is 0. The van der Waals surface area contributed by atoms with E-state index in [4.69, 9.17) is 0 Å². The van der Waals surface area contributed by atoms with E-state index in [1.807, 2.05) is 42.5 Å². The smallest absolute Gasteiger partial charge is 0.244 e. The molecule has 0 fully saturated rings. The van der Waals surface area contributed by atoms with E-state index in [0.29, 0.717) is 11.4 Å². The molecule has 1 aliphatic carbocycles. The van der Waals surface area contributed by atoms with Crippen LogP contribution in [0, 0.1) is 0 Å². The number of sulfonamides is 1. The second-order valence-electron chi connectivity index (χ2n) is 7.34. The minimum atomic E-state index is -4.04. The first kappa shape index (κ1) is 20.2. The molecule has 7 nitrogen and oxygen atoms in total. The lowest BCUT2D eigenvalue weighted by molar-refractivity contribution is 0.600. The maximum atomic E-state index is 12.9. The van der Waals surface area contributed by atoms with Gasteiger partial charge in [-0.05, 0) is 41.1 Å². The van der Waals surface area contributed by atoms with E-state index in [2.05, 4.69) is 14.9 Å². The monoisotopic (exact) mass is 463 g/mol. The van der Waals surface area contributed by atoms with E-state index in [-0.39, 0.29) is 4.86 Å². The van der Waals surface area contributed by atoms with Gasteiger partial charge in [-0.2, -0.15) is 13.5 Å². The molecule has 0 bridgehead atoms. The van der Waals surface area contributed by atoms with Crippen molar-refractivity contribution in [3.8, 4) is 11.3 Å². The maximum Gasteiger partial charge on any atom is 0.244 e. The molecule has 1 aromatic heterocycles. The van der Waals surface area contributed by atoms with Crippen LogP contribution in [0.2, 0.25) is 0 Å². The van der Waals surface area contributed by atoms with Crippen LogP contribution in [0.3, 0.4) is 0 Å². The maximum absolute atomic E-state index is 12.9. The molecule has 2 N–H and O–H groups in total. The van der Waals surface area contributed by atoms with Crippen molar-refractivity contribution in [3.63, 3.8) is 0 Å². The van der Waals surface area contributed by atoms with Crippen LogP contribution in [0.15, 0.2) is 85.0 Å². The zero-order valence-electron chi connectivity index (χ0n) is 16.6. The fourth-order valence-corrected chi connectivity index (χ4v) is 6.11. The minimum absolute atomic E-state index is 0.207. The van der Waals surface area contributed by atoms with E-state index in [1.165, 1.54) is 24.3 Å². The predicted molar refractivity (Wildman–Crippen MR) is 128 cm³/mol. The van der Waals surface area contributed by atoms with Gasteiger partial charge in [-0.25, -0.2) is 8.42 Å². The van der Waals surface area contributed by atoms with Gasteiger partial charge in [0.15, 0.2) is 0 Å². The molecular formula is C23H17N3O4S2. The highest BCUT2D eigenvalue weighted by Crippen LogP contribution is 2.31. The molecule has 0 radical (unpaired) electrons. The highest BCUT2D eigenvalue weighted by molar-refractivity contribution is 7.95. The van der Waals surface area contributed by atoms with E-state index >= 15 is 0 Å². The van der Waals surface area contributed by atoms with Crippen LogP contribution in [0.4, 0.5) is 5.69 Å². The topological polar surface area (TPSA) is 109 Å². The van der Waals surface area contributed by atoms with E-state index in [0.717, 1.165) is 27.2 Å². The van der Waals surface area contributed by atoms with Crippen LogP contribution in [-0.2, 0) is 20.3 Å². The second kappa shape index (κ2) is 7.77. The van der Waals surface area contributed by atoms with Crippen molar-refractivity contribution >= 4 is 52.5 Å². The number of nitrogens with zero attached hydrogens (tertiary/aromatic N) is 1. The molecule has 3 aromatic carbocycles. The molecule has 0 saturated carbocycles. The van der Waals surface area contributed by atoms with Gasteiger partial charge in [0, 0.05) is 16.6 Å². The number of hydrogen-bond donors (Lipinski definition) is 2. The lowest BCUT2D eigenvalue weighted by Gasteiger charge is -2.16. The third-order valence-corrected chi connectivity index (χ3v) is 7.83. The number of allylic oxidation sites excluding steroid dienone is 3. The Morgan fingerprint density at radius 2 is 1.75 bits per heavy atom. The first-order valence-corrected chi connectivity index (χ1v) is 12.3. The Morgan fingerprint density at radius 3 is 2.56 bits per heavy atom. The quantitative estimate of drug-likeness (QED) is 0.449. The highest BCUT2D eigenvalue weighted by Gasteiger charge is 2.29. The number of anilines is 1. The molecule has 9 heteroatoms. The van der Waals surface area contributed by atoms with E-state index in [1.54, 1.807) is 18.2 Å². The van der Waals surface area contributed by atoms with Crippen LogP contribution in [0.25, 0.3) is 32.9 Å². The number of rotatable bonds is 4. The van der Waals surface area contributed by atoms with Crippen molar-refractivity contribution in [1.29, 1.82) is 0 Å². The molecule has 0 spiro atoms. The van der Waals surface area contributed by atoms with Crippen molar-refractivity contribution in [1.82, 2.24) is 10.2 Å². The molecule has 1 unspecified atom stereocenters. The van der Waals surface area contributed by atoms with E-state index in [9.17, 15) is 16.8 Å². The third-order valence-electron chi connectivity index (χ3n) is 5.31. The fraction of sp³-hybridized carbons (Fsp3) is 0.0435. The van der Waals surface area contributed by atoms with Gasteiger partial charge >= 0.3 is 0 Å². The normalized spacial score (nSPS) is 16.0. The molecule has 1 heterocycles. The largest absolute Gasteiger partial charge is 0.283 e. The zero-order valence-corrected chi connectivity index (χ0v) is 18.2. The fourth-order valence-electron chi connectivity index (χ4n) is 3.77. The average molecular weight is 464 g/mol. The Balaban J connectivity index is 1.54. The van der Waals surface area contributed by atoms with Crippen molar-refractivity contribution < 1.29 is 16.8 Å². The van der Waals surface area contributed by atoms with Crippen molar-refractivity contribution in [3.05, 3.63) is 85.0 Å². The zero-order chi connectivity index (χ0) is 22.3. The molecule has 0 amide bonds. The second-order valence-corrected chi connectivity index (χ2v) is 10.1. The summed E-state index contributed by atoms with van der Waals surface area (Å²) in [6.45, 7) is 0. The Hall–Kier alpha value is -3.69. The average Bonchev–Trinajstić information content (AvgIpc) is 3.21. The number of nitrogens with one attached hydrogen (secondary N) is 2.